The van der Waals surface area contributed by atoms with Crippen LogP contribution in [-0.4, -0.2) is 29.0 Å². The molecule has 1 saturated heterocycles. The molecule has 180 valence electrons. The minimum atomic E-state index is -4.69. The number of halogens is 4. The minimum absolute atomic E-state index is 0.0958. The van der Waals surface area contributed by atoms with Gasteiger partial charge in [0.25, 0.3) is 11.7 Å². The average molecular weight is 504 g/mol. The summed E-state index contributed by atoms with van der Waals surface area (Å²) in [4.78, 5) is 27.1. The molecule has 1 heterocycles. The summed E-state index contributed by atoms with van der Waals surface area (Å²) < 4.78 is 45.2. The molecule has 6 nitrogen and oxygen atoms in total. The lowest BCUT2D eigenvalue weighted by molar-refractivity contribution is -0.137. The summed E-state index contributed by atoms with van der Waals surface area (Å²) in [6.45, 7) is 0. The Morgan fingerprint density at radius 3 is 2.40 bits per heavy atom. The Kier molecular flexibility index (Phi) is 6.21. The average Bonchev–Trinajstić information content (AvgIpc) is 3.09. The normalized spacial score (nSPS) is 17.6. The summed E-state index contributed by atoms with van der Waals surface area (Å²) in [6, 6.07) is 12.3. The molecule has 1 aliphatic heterocycles. The van der Waals surface area contributed by atoms with Gasteiger partial charge in [-0.1, -0.05) is 29.8 Å². The highest BCUT2D eigenvalue weighted by atomic mass is 35.5. The predicted octanol–water partition coefficient (Wildman–Crippen LogP) is 5.70. The van der Waals surface area contributed by atoms with E-state index in [1.54, 1.807) is 0 Å². The Labute approximate surface area is 202 Å². The van der Waals surface area contributed by atoms with E-state index in [4.69, 9.17) is 16.3 Å². The number of anilines is 1. The summed E-state index contributed by atoms with van der Waals surface area (Å²) in [5.74, 6) is -2.84. The van der Waals surface area contributed by atoms with Crippen LogP contribution in [0.4, 0.5) is 18.9 Å². The van der Waals surface area contributed by atoms with Gasteiger partial charge in [-0.2, -0.15) is 13.2 Å². The van der Waals surface area contributed by atoms with Crippen molar-refractivity contribution in [3.05, 3.63) is 94.0 Å². The summed E-state index contributed by atoms with van der Waals surface area (Å²) in [5.41, 5.74) is -1.30. The number of aromatic hydroxyl groups is 1. The van der Waals surface area contributed by atoms with E-state index in [-0.39, 0.29) is 38.9 Å². The summed E-state index contributed by atoms with van der Waals surface area (Å²) in [5, 5.41) is 21.3. The Hall–Kier alpha value is -3.98. The van der Waals surface area contributed by atoms with Gasteiger partial charge >= 0.3 is 6.18 Å². The second-order valence-corrected chi connectivity index (χ2v) is 8.07. The van der Waals surface area contributed by atoms with E-state index in [1.807, 2.05) is 0 Å². The Morgan fingerprint density at radius 2 is 1.74 bits per heavy atom. The number of Topliss-reactive ketones (excluding diaryl/α,β-unsaturated/α-hetero) is 1. The third-order valence-electron chi connectivity index (χ3n) is 5.51. The summed E-state index contributed by atoms with van der Waals surface area (Å²) in [6.07, 6.45) is -4.69. The second-order valence-electron chi connectivity index (χ2n) is 7.66. The largest absolute Gasteiger partial charge is 0.508 e. The number of aliphatic hydroxyl groups is 1. The number of hydrogen-bond donors (Lipinski definition) is 2. The van der Waals surface area contributed by atoms with Crippen LogP contribution in [0.2, 0.25) is 5.02 Å². The maximum atomic E-state index is 13.4. The fourth-order valence-electron chi connectivity index (χ4n) is 3.90. The molecule has 3 aromatic carbocycles. The molecule has 1 aliphatic rings. The molecule has 0 spiro atoms. The van der Waals surface area contributed by atoms with Gasteiger partial charge in [-0.3, -0.25) is 14.5 Å². The van der Waals surface area contributed by atoms with Crippen LogP contribution in [0, 0.1) is 0 Å². The molecule has 0 saturated carbocycles. The van der Waals surface area contributed by atoms with Gasteiger partial charge < -0.3 is 14.9 Å². The first-order chi connectivity index (χ1) is 16.5. The lowest BCUT2D eigenvalue weighted by Crippen LogP contribution is -2.29. The maximum Gasteiger partial charge on any atom is 0.416 e. The molecule has 3 aromatic rings. The number of phenolic OH excluding ortho intramolecular Hbond substituents is 1. The van der Waals surface area contributed by atoms with Crippen molar-refractivity contribution in [1.29, 1.82) is 0 Å². The van der Waals surface area contributed by atoms with Crippen molar-refractivity contribution in [1.82, 2.24) is 0 Å². The number of amides is 1. The summed E-state index contributed by atoms with van der Waals surface area (Å²) >= 11 is 6.04. The molecule has 1 atom stereocenters. The molecule has 0 bridgehead atoms. The van der Waals surface area contributed by atoms with Crippen LogP contribution >= 0.6 is 11.6 Å². The van der Waals surface area contributed by atoms with Crippen molar-refractivity contribution in [3.8, 4) is 11.5 Å². The fraction of sp³-hybridized carbons (Fsp3) is 0.120. The molecule has 2 N–H and O–H groups in total. The van der Waals surface area contributed by atoms with Crippen molar-refractivity contribution in [3.63, 3.8) is 0 Å². The zero-order valence-corrected chi connectivity index (χ0v) is 18.8. The molecule has 0 radical (unpaired) electrons. The van der Waals surface area contributed by atoms with Crippen LogP contribution in [0.3, 0.4) is 0 Å². The molecule has 4 rings (SSSR count). The number of hydrogen-bond acceptors (Lipinski definition) is 5. The number of phenols is 1. The summed E-state index contributed by atoms with van der Waals surface area (Å²) in [7, 11) is 1.35. The molecule has 0 aromatic heterocycles. The van der Waals surface area contributed by atoms with E-state index in [2.05, 4.69) is 0 Å². The molecular formula is C25H17ClF3NO5. The molecule has 35 heavy (non-hydrogen) atoms. The van der Waals surface area contributed by atoms with E-state index in [9.17, 15) is 33.0 Å². The number of aliphatic hydroxyl groups excluding tert-OH is 1. The number of ketones is 1. The van der Waals surface area contributed by atoms with E-state index in [1.165, 1.54) is 55.6 Å². The van der Waals surface area contributed by atoms with Crippen molar-refractivity contribution in [2.45, 2.75) is 12.2 Å². The SMILES string of the molecule is COc1cc(/C(O)=C2\C(=O)C(=O)N(c3cccc(C(F)(F)F)c3)C2c2cccc(O)c2)ccc1Cl. The molecule has 10 heteroatoms. The molecule has 1 unspecified atom stereocenters. The van der Waals surface area contributed by atoms with Gasteiger partial charge in [0, 0.05) is 11.3 Å². The first kappa shape index (κ1) is 24.2. The maximum absolute atomic E-state index is 13.4. The van der Waals surface area contributed by atoms with Gasteiger partial charge in [-0.25, -0.2) is 0 Å². The van der Waals surface area contributed by atoms with Crippen LogP contribution in [0.15, 0.2) is 72.3 Å². The van der Waals surface area contributed by atoms with Crippen LogP contribution < -0.4 is 9.64 Å². The number of benzene rings is 3. The topological polar surface area (TPSA) is 87.1 Å². The second kappa shape index (κ2) is 8.99. The van der Waals surface area contributed by atoms with Crippen molar-refractivity contribution < 1.29 is 37.7 Å². The lowest BCUT2D eigenvalue weighted by atomic mass is 9.95. The highest BCUT2D eigenvalue weighted by molar-refractivity contribution is 6.51. The zero-order valence-electron chi connectivity index (χ0n) is 18.0. The van der Waals surface area contributed by atoms with Crippen molar-refractivity contribution >= 4 is 34.7 Å². The Balaban J connectivity index is 1.96. The highest BCUT2D eigenvalue weighted by Gasteiger charge is 2.47. The predicted molar refractivity (Wildman–Crippen MR) is 122 cm³/mol. The third-order valence-corrected chi connectivity index (χ3v) is 5.82. The van der Waals surface area contributed by atoms with Gasteiger partial charge in [0.05, 0.1) is 29.3 Å². The van der Waals surface area contributed by atoms with E-state index in [0.29, 0.717) is 0 Å². The van der Waals surface area contributed by atoms with E-state index >= 15 is 0 Å². The van der Waals surface area contributed by atoms with Crippen LogP contribution in [0.1, 0.15) is 22.7 Å². The van der Waals surface area contributed by atoms with Gasteiger partial charge in [-0.15, -0.1) is 0 Å². The van der Waals surface area contributed by atoms with Crippen LogP contribution in [-0.2, 0) is 15.8 Å². The van der Waals surface area contributed by atoms with Crippen molar-refractivity contribution in [2.24, 2.45) is 0 Å². The van der Waals surface area contributed by atoms with Crippen molar-refractivity contribution in [2.75, 3.05) is 12.0 Å². The Bertz CT molecular complexity index is 1370. The molecular weight excluding hydrogens is 487 g/mol. The number of carbonyl (C=O) groups excluding carboxylic acids is 2. The quantitative estimate of drug-likeness (QED) is 0.271. The number of carbonyl (C=O) groups is 2. The number of alkyl halides is 3. The number of methoxy groups -OCH3 is 1. The minimum Gasteiger partial charge on any atom is -0.508 e. The van der Waals surface area contributed by atoms with Crippen LogP contribution in [0.25, 0.3) is 5.76 Å². The first-order valence-corrected chi connectivity index (χ1v) is 10.5. The van der Waals surface area contributed by atoms with Gasteiger partial charge in [0.15, 0.2) is 0 Å². The number of rotatable bonds is 4. The number of ether oxygens (including phenoxy) is 1. The van der Waals surface area contributed by atoms with E-state index < -0.39 is 35.2 Å². The lowest BCUT2D eigenvalue weighted by Gasteiger charge is -2.26. The van der Waals surface area contributed by atoms with Gasteiger partial charge in [-0.05, 0) is 54.1 Å². The smallest absolute Gasteiger partial charge is 0.416 e. The van der Waals surface area contributed by atoms with E-state index in [0.717, 1.165) is 23.1 Å². The molecule has 1 fully saturated rings. The molecule has 0 aliphatic carbocycles. The standard InChI is InChI=1S/C25H17ClF3NO5/c1-35-19-11-14(8-9-18(19)26)22(32)20-21(13-4-2-7-17(31)10-13)30(24(34)23(20)33)16-6-3-5-15(12-16)25(27,28)29/h2-12,21,31-32H,1H3/b22-20+. The highest BCUT2D eigenvalue weighted by Crippen LogP contribution is 2.44. The molecule has 1 amide bonds. The van der Waals surface area contributed by atoms with Crippen LogP contribution in [0.5, 0.6) is 11.5 Å². The van der Waals surface area contributed by atoms with Gasteiger partial charge in [0.1, 0.15) is 17.3 Å². The fourth-order valence-corrected chi connectivity index (χ4v) is 4.10. The Morgan fingerprint density at radius 1 is 1.03 bits per heavy atom. The first-order valence-electron chi connectivity index (χ1n) is 10.1. The number of nitrogens with zero attached hydrogens (tertiary/aromatic N) is 1. The zero-order chi connectivity index (χ0) is 25.5. The third kappa shape index (κ3) is 4.42. The monoisotopic (exact) mass is 503 g/mol. The van der Waals surface area contributed by atoms with Gasteiger partial charge in [0.2, 0.25) is 0 Å².